The maximum atomic E-state index is 14.7. The summed E-state index contributed by atoms with van der Waals surface area (Å²) in [6, 6.07) is -0.458. The Bertz CT molecular complexity index is 1990. The maximum Gasteiger partial charge on any atom is 0.323 e. The van der Waals surface area contributed by atoms with E-state index in [0.29, 0.717) is 56.2 Å². The van der Waals surface area contributed by atoms with Crippen LogP contribution < -0.4 is 30.7 Å². The first-order valence-corrected chi connectivity index (χ1v) is 20.4. The number of carbonyl (C=O) groups is 6. The molecule has 5 heterocycles. The largest absolute Gasteiger partial charge is 0.459 e. The van der Waals surface area contributed by atoms with E-state index in [2.05, 4.69) is 21.3 Å². The Balaban J connectivity index is 1.20. The van der Waals surface area contributed by atoms with Gasteiger partial charge >= 0.3 is 12.0 Å². The number of halogens is 2. The number of benzene rings is 2. The van der Waals surface area contributed by atoms with E-state index in [1.165, 1.54) is 33.8 Å². The second-order valence-corrected chi connectivity index (χ2v) is 16.3. The lowest BCUT2D eigenvalue weighted by Gasteiger charge is -2.40. The van der Waals surface area contributed by atoms with Gasteiger partial charge in [0, 0.05) is 43.9 Å². The minimum atomic E-state index is -1.62. The number of rotatable bonds is 6. The van der Waals surface area contributed by atoms with Crippen LogP contribution in [0.5, 0.6) is 11.5 Å². The third-order valence-corrected chi connectivity index (χ3v) is 11.8. The topological polar surface area (TPSA) is 208 Å². The molecule has 2 aromatic rings. The van der Waals surface area contributed by atoms with Gasteiger partial charge in [-0.3, -0.25) is 28.9 Å². The Morgan fingerprint density at radius 1 is 0.883 bits per heavy atom. The summed E-state index contributed by atoms with van der Waals surface area (Å²) in [5, 5.41) is 22.1. The zero-order valence-electron chi connectivity index (χ0n) is 33.7. The summed E-state index contributed by atoms with van der Waals surface area (Å²) < 4.78 is 45.4. The van der Waals surface area contributed by atoms with Crippen LogP contribution in [-0.4, -0.2) is 130 Å². The highest BCUT2D eigenvalue weighted by Gasteiger charge is 2.47. The average Bonchev–Trinajstić information content (AvgIpc) is 3.98. The summed E-state index contributed by atoms with van der Waals surface area (Å²) in [5.74, 6) is -4.48. The molecule has 0 aliphatic carbocycles. The van der Waals surface area contributed by atoms with E-state index in [9.17, 15) is 42.7 Å². The Morgan fingerprint density at radius 3 is 2.35 bits per heavy atom. The number of amides is 6. The number of anilines is 1. The average molecular weight is 840 g/mol. The van der Waals surface area contributed by atoms with E-state index < -0.39 is 102 Å². The number of piperidine rings is 1. The lowest BCUT2D eigenvalue weighted by Crippen LogP contribution is -2.63. The van der Waals surface area contributed by atoms with E-state index in [-0.39, 0.29) is 43.5 Å². The van der Waals surface area contributed by atoms with Crippen molar-refractivity contribution in [1.29, 1.82) is 0 Å². The molecule has 0 spiro atoms. The molecule has 5 N–H and O–H groups in total. The van der Waals surface area contributed by atoms with Gasteiger partial charge in [0.15, 0.2) is 11.5 Å². The van der Waals surface area contributed by atoms with Crippen molar-refractivity contribution < 1.29 is 56.9 Å². The molecule has 5 aliphatic rings. The molecule has 5 aliphatic heterocycles. The number of esters is 1. The number of nitrogens with one attached hydrogen (secondary N) is 4. The van der Waals surface area contributed by atoms with E-state index in [4.69, 9.17) is 14.2 Å². The Hall–Kier alpha value is -5.56. The second kappa shape index (κ2) is 18.0. The van der Waals surface area contributed by atoms with Crippen LogP contribution in [0.4, 0.5) is 19.3 Å². The summed E-state index contributed by atoms with van der Waals surface area (Å²) in [5.41, 5.74) is 0.280. The van der Waals surface area contributed by atoms with Gasteiger partial charge < -0.3 is 50.4 Å². The lowest BCUT2D eigenvalue weighted by atomic mass is 9.99. The molecule has 0 bridgehead atoms. The van der Waals surface area contributed by atoms with Crippen LogP contribution in [0.15, 0.2) is 36.4 Å². The van der Waals surface area contributed by atoms with Gasteiger partial charge in [-0.05, 0) is 88.1 Å². The normalized spacial score (nSPS) is 29.2. The lowest BCUT2D eigenvalue weighted by molar-refractivity contribution is -0.164. The summed E-state index contributed by atoms with van der Waals surface area (Å²) in [6.07, 6.45) is -0.418. The number of urea groups is 1. The number of fused-ring (bicyclic) bond motifs is 4. The smallest absolute Gasteiger partial charge is 0.323 e. The van der Waals surface area contributed by atoms with Crippen molar-refractivity contribution in [2.75, 3.05) is 31.7 Å². The standard InChI is InChI=1S/C41H51F2N7O10/c1-21-13-31-40(56)60-23(3)34(39(55)49-12-6-8-30(49)38(54)48-11-5-4-7-29(48)36(52)44-22(2)37(53)50(31)19-21)47-35(51)28(16-24-14-25(42)17-26(43)15-24)46-41(57)45-27-9-10-32-33(18-27)59-20-58-32/h9-10,14-15,17-18,21-23,28-31,34,37,53H,4-8,11-13,16,19-20H2,1-3H3,(H,44,52)(H,47,51)(H2,45,46,57)/t21-,22+,23+,28+,29+,30+,31+,34+,37?/m1/s1. The summed E-state index contributed by atoms with van der Waals surface area (Å²) in [7, 11) is 0. The molecule has 2 aromatic carbocycles. The van der Waals surface area contributed by atoms with Crippen LogP contribution in [0, 0.1) is 17.6 Å². The third-order valence-electron chi connectivity index (χ3n) is 11.8. The molecular formula is C41H51F2N7O10. The summed E-state index contributed by atoms with van der Waals surface area (Å²) in [6.45, 7) is 5.60. The summed E-state index contributed by atoms with van der Waals surface area (Å²) >= 11 is 0. The van der Waals surface area contributed by atoms with Crippen molar-refractivity contribution in [3.8, 4) is 11.5 Å². The second-order valence-electron chi connectivity index (χ2n) is 16.3. The van der Waals surface area contributed by atoms with Crippen LogP contribution in [0.3, 0.4) is 0 Å². The highest BCUT2D eigenvalue weighted by Crippen LogP contribution is 2.34. The van der Waals surface area contributed by atoms with Crippen molar-refractivity contribution in [3.63, 3.8) is 0 Å². The molecular weight excluding hydrogens is 788 g/mol. The van der Waals surface area contributed by atoms with Crippen molar-refractivity contribution in [2.45, 2.75) is 114 Å². The maximum absolute atomic E-state index is 14.7. The molecule has 0 saturated carbocycles. The highest BCUT2D eigenvalue weighted by atomic mass is 19.1. The number of aliphatic hydroxyl groups excluding tert-OH is 1. The Morgan fingerprint density at radius 2 is 1.58 bits per heavy atom. The van der Waals surface area contributed by atoms with E-state index in [0.717, 1.165) is 12.1 Å². The molecule has 4 saturated heterocycles. The molecule has 17 nitrogen and oxygen atoms in total. The zero-order chi connectivity index (χ0) is 42.8. The number of aliphatic hydroxyl groups is 1. The number of hydrogen-bond acceptors (Lipinski definition) is 11. The number of carbonyl (C=O) groups excluding carboxylic acids is 6. The van der Waals surface area contributed by atoms with Gasteiger partial charge in [-0.1, -0.05) is 6.92 Å². The molecule has 1 unspecified atom stereocenters. The molecule has 324 valence electrons. The molecule has 60 heavy (non-hydrogen) atoms. The molecule has 4 fully saturated rings. The molecule has 19 heteroatoms. The fourth-order valence-corrected chi connectivity index (χ4v) is 8.85. The van der Waals surface area contributed by atoms with Crippen LogP contribution in [0.1, 0.15) is 64.9 Å². The molecule has 7 rings (SSSR count). The Labute approximate surface area is 345 Å². The Kier molecular flexibility index (Phi) is 12.7. The van der Waals surface area contributed by atoms with Crippen molar-refractivity contribution in [3.05, 3.63) is 53.6 Å². The van der Waals surface area contributed by atoms with Crippen LogP contribution in [0.25, 0.3) is 0 Å². The van der Waals surface area contributed by atoms with Gasteiger partial charge in [-0.2, -0.15) is 0 Å². The van der Waals surface area contributed by atoms with Gasteiger partial charge in [-0.25, -0.2) is 13.6 Å². The first kappa shape index (κ1) is 42.6. The van der Waals surface area contributed by atoms with Crippen molar-refractivity contribution >= 4 is 41.3 Å². The van der Waals surface area contributed by atoms with Gasteiger partial charge in [0.2, 0.25) is 30.4 Å². The molecule has 0 radical (unpaired) electrons. The predicted octanol–water partition coefficient (Wildman–Crippen LogP) is 1.76. The zero-order valence-corrected chi connectivity index (χ0v) is 33.7. The highest BCUT2D eigenvalue weighted by molar-refractivity contribution is 5.98. The van der Waals surface area contributed by atoms with Crippen molar-refractivity contribution in [2.24, 2.45) is 5.92 Å². The van der Waals surface area contributed by atoms with Gasteiger partial charge in [0.25, 0.3) is 0 Å². The van der Waals surface area contributed by atoms with Gasteiger partial charge in [0.1, 0.15) is 54.2 Å². The SMILES string of the molecule is C[C@@H]1C[C@H]2C(=O)O[C@@H](C)[C@H](NC(=O)[C@H](Cc3cc(F)cc(F)c3)NC(=O)Nc3ccc4c(c3)OCO4)C(=O)N3CCC[C@H]3C(=O)N3CCCC[C@H]3C(=O)N[C@@H](C)C(O)N2C1. The molecule has 6 amide bonds. The first-order valence-electron chi connectivity index (χ1n) is 20.4. The van der Waals surface area contributed by atoms with Crippen LogP contribution in [0.2, 0.25) is 0 Å². The quantitative estimate of drug-likeness (QED) is 0.265. The van der Waals surface area contributed by atoms with Crippen molar-refractivity contribution in [1.82, 2.24) is 30.7 Å². The minimum absolute atomic E-state index is 0.00744. The number of hydrogen-bond donors (Lipinski definition) is 5. The first-order chi connectivity index (χ1) is 28.7. The molecule has 0 aromatic heterocycles. The fraction of sp³-hybridized carbons (Fsp3) is 0.561. The van der Waals surface area contributed by atoms with E-state index in [1.54, 1.807) is 13.0 Å². The van der Waals surface area contributed by atoms with Crippen LogP contribution in [-0.2, 0) is 35.1 Å². The fourth-order valence-electron chi connectivity index (χ4n) is 8.85. The number of ether oxygens (including phenoxy) is 3. The third kappa shape index (κ3) is 9.26. The predicted molar refractivity (Wildman–Crippen MR) is 208 cm³/mol. The number of nitrogens with zero attached hydrogens (tertiary/aromatic N) is 3. The van der Waals surface area contributed by atoms with Gasteiger partial charge in [-0.15, -0.1) is 0 Å². The monoisotopic (exact) mass is 839 g/mol. The van der Waals surface area contributed by atoms with Crippen LogP contribution >= 0.6 is 0 Å². The van der Waals surface area contributed by atoms with E-state index >= 15 is 0 Å². The van der Waals surface area contributed by atoms with E-state index in [1.807, 2.05) is 6.92 Å². The number of cyclic esters (lactones) is 1. The summed E-state index contributed by atoms with van der Waals surface area (Å²) in [4.78, 5) is 89.0. The molecule has 9 atom stereocenters. The van der Waals surface area contributed by atoms with Gasteiger partial charge in [0.05, 0.1) is 6.04 Å². The minimum Gasteiger partial charge on any atom is -0.459 e.